The van der Waals surface area contributed by atoms with Crippen LogP contribution in [0, 0.1) is 0 Å². The van der Waals surface area contributed by atoms with Gasteiger partial charge in [0.05, 0.1) is 5.54 Å². The summed E-state index contributed by atoms with van der Waals surface area (Å²) < 4.78 is 0. The van der Waals surface area contributed by atoms with Crippen LogP contribution in [0.1, 0.15) is 85.0 Å². The SMILES string of the molecule is CCCCCC1(CCCCC)CCC(=O)N1C(=O)C(C)Cl. The monoisotopic (exact) mass is 315 g/mol. The molecule has 4 heteroatoms. The average Bonchev–Trinajstić information content (AvgIpc) is 2.76. The molecule has 1 atom stereocenters. The maximum atomic E-state index is 12.4. The molecule has 0 aliphatic carbocycles. The highest BCUT2D eigenvalue weighted by atomic mass is 35.5. The third-order valence-electron chi connectivity index (χ3n) is 4.58. The first kappa shape index (κ1) is 18.5. The number of nitrogens with zero attached hydrogens (tertiary/aromatic N) is 1. The van der Waals surface area contributed by atoms with E-state index in [2.05, 4.69) is 13.8 Å². The topological polar surface area (TPSA) is 37.4 Å². The summed E-state index contributed by atoms with van der Waals surface area (Å²) in [7, 11) is 0. The molecule has 3 nitrogen and oxygen atoms in total. The van der Waals surface area contributed by atoms with E-state index in [-0.39, 0.29) is 17.4 Å². The molecule has 1 unspecified atom stereocenters. The van der Waals surface area contributed by atoms with E-state index in [0.717, 1.165) is 57.8 Å². The molecule has 0 aromatic rings. The molecule has 2 amide bonds. The summed E-state index contributed by atoms with van der Waals surface area (Å²) >= 11 is 5.98. The second-order valence-corrected chi connectivity index (χ2v) is 6.98. The minimum atomic E-state index is -0.622. The lowest BCUT2D eigenvalue weighted by molar-refractivity contribution is -0.147. The Bertz CT molecular complexity index is 345. The number of halogens is 1. The second-order valence-electron chi connectivity index (χ2n) is 6.32. The van der Waals surface area contributed by atoms with Crippen LogP contribution in [-0.2, 0) is 9.59 Å². The fourth-order valence-corrected chi connectivity index (χ4v) is 3.47. The Morgan fingerprint density at radius 2 is 1.71 bits per heavy atom. The summed E-state index contributed by atoms with van der Waals surface area (Å²) in [6.07, 6.45) is 9.95. The second kappa shape index (κ2) is 8.77. The number of hydrogen-bond acceptors (Lipinski definition) is 2. The quantitative estimate of drug-likeness (QED) is 0.458. The van der Waals surface area contributed by atoms with Crippen molar-refractivity contribution in [3.63, 3.8) is 0 Å². The van der Waals surface area contributed by atoms with Gasteiger partial charge in [-0.15, -0.1) is 11.6 Å². The number of rotatable bonds is 9. The summed E-state index contributed by atoms with van der Waals surface area (Å²) in [6.45, 7) is 6.01. The van der Waals surface area contributed by atoms with E-state index in [1.807, 2.05) is 0 Å². The average molecular weight is 316 g/mol. The molecule has 0 aromatic heterocycles. The molecule has 0 spiro atoms. The van der Waals surface area contributed by atoms with Crippen LogP contribution in [0.25, 0.3) is 0 Å². The van der Waals surface area contributed by atoms with Gasteiger partial charge in [0.1, 0.15) is 5.38 Å². The number of alkyl halides is 1. The number of imide groups is 1. The zero-order chi connectivity index (χ0) is 15.9. The predicted octanol–water partition coefficient (Wildman–Crippen LogP) is 4.66. The molecule has 0 aromatic carbocycles. The first-order valence-corrected chi connectivity index (χ1v) is 8.93. The lowest BCUT2D eigenvalue weighted by Gasteiger charge is -2.38. The van der Waals surface area contributed by atoms with Crippen LogP contribution in [0.4, 0.5) is 0 Å². The molecule has 1 fully saturated rings. The summed E-state index contributed by atoms with van der Waals surface area (Å²) in [5.41, 5.74) is -0.262. The van der Waals surface area contributed by atoms with Gasteiger partial charge < -0.3 is 0 Å². The van der Waals surface area contributed by atoms with Crippen molar-refractivity contribution in [1.82, 2.24) is 4.90 Å². The van der Waals surface area contributed by atoms with Crippen molar-refractivity contribution in [1.29, 1.82) is 0 Å². The maximum absolute atomic E-state index is 12.4. The number of likely N-dealkylation sites (tertiary alicyclic amines) is 1. The standard InChI is InChI=1S/C17H30ClNO2/c1-4-6-8-11-17(12-9-7-5-2)13-10-15(20)19(17)16(21)14(3)18/h14H,4-13H2,1-3H3. The van der Waals surface area contributed by atoms with Crippen LogP contribution < -0.4 is 0 Å². The Labute approximate surface area is 134 Å². The van der Waals surface area contributed by atoms with E-state index in [9.17, 15) is 9.59 Å². The largest absolute Gasteiger partial charge is 0.275 e. The molecule has 21 heavy (non-hydrogen) atoms. The highest BCUT2D eigenvalue weighted by molar-refractivity contribution is 6.31. The van der Waals surface area contributed by atoms with Crippen molar-refractivity contribution in [2.45, 2.75) is 95.9 Å². The lowest BCUT2D eigenvalue weighted by atomic mass is 9.84. The molecule has 0 radical (unpaired) electrons. The highest BCUT2D eigenvalue weighted by Crippen LogP contribution is 2.40. The Morgan fingerprint density at radius 3 is 2.14 bits per heavy atom. The molecule has 1 aliphatic heterocycles. The Balaban J connectivity index is 2.89. The third kappa shape index (κ3) is 4.70. The van der Waals surface area contributed by atoms with E-state index in [1.165, 1.54) is 4.90 Å². The summed E-state index contributed by atoms with van der Waals surface area (Å²) in [4.78, 5) is 26.2. The lowest BCUT2D eigenvalue weighted by Crippen LogP contribution is -2.51. The van der Waals surface area contributed by atoms with Gasteiger partial charge in [-0.2, -0.15) is 0 Å². The predicted molar refractivity (Wildman–Crippen MR) is 87.4 cm³/mol. The fraction of sp³-hybridized carbons (Fsp3) is 0.882. The number of carbonyl (C=O) groups is 2. The van der Waals surface area contributed by atoms with Crippen molar-refractivity contribution in [3.05, 3.63) is 0 Å². The molecule has 122 valence electrons. The van der Waals surface area contributed by atoms with Crippen LogP contribution >= 0.6 is 11.6 Å². The first-order chi connectivity index (χ1) is 9.98. The summed E-state index contributed by atoms with van der Waals surface area (Å²) in [5.74, 6) is -0.229. The van der Waals surface area contributed by atoms with Crippen molar-refractivity contribution in [3.8, 4) is 0 Å². The van der Waals surface area contributed by atoms with Crippen molar-refractivity contribution in [2.75, 3.05) is 0 Å². The Morgan fingerprint density at radius 1 is 1.19 bits per heavy atom. The molecule has 1 rings (SSSR count). The van der Waals surface area contributed by atoms with E-state index in [4.69, 9.17) is 11.6 Å². The number of amides is 2. The fourth-order valence-electron chi connectivity index (χ4n) is 3.37. The smallest absolute Gasteiger partial charge is 0.247 e. The van der Waals surface area contributed by atoms with Crippen LogP contribution in [-0.4, -0.2) is 27.6 Å². The van der Waals surface area contributed by atoms with Gasteiger partial charge in [0, 0.05) is 6.42 Å². The van der Waals surface area contributed by atoms with Crippen molar-refractivity contribution in [2.24, 2.45) is 0 Å². The minimum absolute atomic E-state index is 0.0273. The summed E-state index contributed by atoms with van der Waals surface area (Å²) in [6, 6.07) is 0. The zero-order valence-corrected chi connectivity index (χ0v) is 14.5. The minimum Gasteiger partial charge on any atom is -0.275 e. The molecule has 1 heterocycles. The van der Waals surface area contributed by atoms with E-state index in [1.54, 1.807) is 6.92 Å². The van der Waals surface area contributed by atoms with Gasteiger partial charge in [-0.3, -0.25) is 14.5 Å². The van der Waals surface area contributed by atoms with E-state index < -0.39 is 5.38 Å². The molecule has 0 bridgehead atoms. The number of carbonyl (C=O) groups excluding carboxylic acids is 2. The van der Waals surface area contributed by atoms with Gasteiger partial charge in [-0.1, -0.05) is 52.4 Å². The molecule has 1 aliphatic rings. The van der Waals surface area contributed by atoms with Crippen LogP contribution in [0.15, 0.2) is 0 Å². The van der Waals surface area contributed by atoms with Crippen LogP contribution in [0.5, 0.6) is 0 Å². The Kier molecular flexibility index (Phi) is 7.72. The maximum Gasteiger partial charge on any atom is 0.247 e. The molecule has 1 saturated heterocycles. The van der Waals surface area contributed by atoms with Crippen molar-refractivity contribution >= 4 is 23.4 Å². The number of hydrogen-bond donors (Lipinski definition) is 0. The van der Waals surface area contributed by atoms with Gasteiger partial charge in [0.2, 0.25) is 11.8 Å². The molecule has 0 saturated carbocycles. The summed E-state index contributed by atoms with van der Waals surface area (Å²) in [5, 5.41) is -0.622. The third-order valence-corrected chi connectivity index (χ3v) is 4.77. The van der Waals surface area contributed by atoms with Crippen LogP contribution in [0.2, 0.25) is 0 Å². The van der Waals surface area contributed by atoms with Gasteiger partial charge in [0.25, 0.3) is 0 Å². The highest BCUT2D eigenvalue weighted by Gasteiger charge is 2.48. The molecule has 0 N–H and O–H groups in total. The zero-order valence-electron chi connectivity index (χ0n) is 13.8. The van der Waals surface area contributed by atoms with Gasteiger partial charge >= 0.3 is 0 Å². The first-order valence-electron chi connectivity index (χ1n) is 8.49. The van der Waals surface area contributed by atoms with Gasteiger partial charge in [-0.25, -0.2) is 0 Å². The van der Waals surface area contributed by atoms with Crippen LogP contribution in [0.3, 0.4) is 0 Å². The molecular formula is C17H30ClNO2. The molecular weight excluding hydrogens is 286 g/mol. The van der Waals surface area contributed by atoms with Crippen molar-refractivity contribution < 1.29 is 9.59 Å². The normalized spacial score (nSPS) is 19.0. The van der Waals surface area contributed by atoms with Gasteiger partial charge in [0.15, 0.2) is 0 Å². The Hall–Kier alpha value is -0.570. The van der Waals surface area contributed by atoms with Gasteiger partial charge in [-0.05, 0) is 26.2 Å². The van der Waals surface area contributed by atoms with E-state index in [0.29, 0.717) is 6.42 Å². The number of unbranched alkanes of at least 4 members (excludes halogenated alkanes) is 4. The van der Waals surface area contributed by atoms with E-state index >= 15 is 0 Å².